The van der Waals surface area contributed by atoms with Gasteiger partial charge in [0.2, 0.25) is 0 Å². The van der Waals surface area contributed by atoms with E-state index in [1.54, 1.807) is 13.8 Å². The van der Waals surface area contributed by atoms with Crippen molar-refractivity contribution in [3.05, 3.63) is 17.0 Å². The number of nitrogens with zero attached hydrogens (tertiary/aromatic N) is 2. The predicted octanol–water partition coefficient (Wildman–Crippen LogP) is 4.08. The first-order valence-corrected chi connectivity index (χ1v) is 6.21. The van der Waals surface area contributed by atoms with Gasteiger partial charge in [0.15, 0.2) is 5.69 Å². The van der Waals surface area contributed by atoms with Crippen molar-refractivity contribution < 1.29 is 22.0 Å². The molecule has 2 aliphatic carbocycles. The highest BCUT2D eigenvalue weighted by Crippen LogP contribution is 2.62. The van der Waals surface area contributed by atoms with E-state index in [0.717, 1.165) is 4.68 Å². The highest BCUT2D eigenvalue weighted by Gasteiger charge is 2.59. The number of hydrogen-bond donors (Lipinski definition) is 0. The summed E-state index contributed by atoms with van der Waals surface area (Å²) in [5, 5.41) is 3.45. The molecule has 2 nitrogen and oxygen atoms in total. The zero-order valence-corrected chi connectivity index (χ0v) is 10.4. The van der Waals surface area contributed by atoms with Crippen molar-refractivity contribution in [1.82, 2.24) is 9.78 Å². The van der Waals surface area contributed by atoms with Gasteiger partial charge >= 0.3 is 6.18 Å². The molecular formula is C12H13F5N2. The molecule has 19 heavy (non-hydrogen) atoms. The molecule has 2 atom stereocenters. The van der Waals surface area contributed by atoms with Crippen molar-refractivity contribution in [3.63, 3.8) is 0 Å². The third-order valence-corrected chi connectivity index (χ3v) is 3.86. The summed E-state index contributed by atoms with van der Waals surface area (Å²) in [5.74, 6) is -3.80. The Hall–Kier alpha value is -1.14. The second kappa shape index (κ2) is 3.49. The molecule has 1 aromatic heterocycles. The lowest BCUT2D eigenvalue weighted by Gasteiger charge is -2.24. The van der Waals surface area contributed by atoms with Crippen LogP contribution in [-0.2, 0) is 12.1 Å². The Morgan fingerprint density at radius 1 is 1.32 bits per heavy atom. The molecule has 0 N–H and O–H groups in total. The Kier molecular flexibility index (Phi) is 2.36. The Balaban J connectivity index is 2.27. The average Bonchev–Trinajstić information content (AvgIpc) is 2.84. The van der Waals surface area contributed by atoms with Crippen LogP contribution in [0.15, 0.2) is 0 Å². The normalized spacial score (nSPS) is 28.2. The number of aromatic nitrogens is 2. The highest BCUT2D eigenvalue weighted by atomic mass is 19.4. The number of halogens is 5. The van der Waals surface area contributed by atoms with Crippen LogP contribution in [0.3, 0.4) is 0 Å². The van der Waals surface area contributed by atoms with Crippen LogP contribution in [-0.4, -0.2) is 9.78 Å². The molecule has 0 amide bonds. The summed E-state index contributed by atoms with van der Waals surface area (Å²) in [6, 6.07) is -0.361. The van der Waals surface area contributed by atoms with E-state index in [4.69, 9.17) is 0 Å². The molecule has 1 saturated carbocycles. The van der Waals surface area contributed by atoms with Gasteiger partial charge in [0.05, 0.1) is 11.3 Å². The minimum absolute atomic E-state index is 0.101. The SMILES string of the molecule is CC(C)n1nc(C(F)(F)F)c2c1C1CC1CC2(F)F. The first kappa shape index (κ1) is 12.9. The lowest BCUT2D eigenvalue weighted by molar-refractivity contribution is -0.146. The van der Waals surface area contributed by atoms with E-state index in [2.05, 4.69) is 5.10 Å². The van der Waals surface area contributed by atoms with Gasteiger partial charge in [-0.25, -0.2) is 8.78 Å². The third kappa shape index (κ3) is 1.77. The molecule has 0 spiro atoms. The summed E-state index contributed by atoms with van der Waals surface area (Å²) in [7, 11) is 0. The molecule has 2 unspecified atom stereocenters. The van der Waals surface area contributed by atoms with Crippen molar-refractivity contribution in [2.75, 3.05) is 0 Å². The maximum atomic E-state index is 14.0. The first-order chi connectivity index (χ1) is 8.63. The molecular weight excluding hydrogens is 267 g/mol. The second-order valence-electron chi connectivity index (χ2n) is 5.66. The zero-order chi connectivity index (χ0) is 14.2. The molecule has 0 saturated heterocycles. The smallest absolute Gasteiger partial charge is 0.266 e. The second-order valence-corrected chi connectivity index (χ2v) is 5.66. The van der Waals surface area contributed by atoms with Crippen LogP contribution in [0.5, 0.6) is 0 Å². The van der Waals surface area contributed by atoms with Gasteiger partial charge in [-0.2, -0.15) is 18.3 Å². The lowest BCUT2D eigenvalue weighted by atomic mass is 9.91. The van der Waals surface area contributed by atoms with E-state index in [-0.39, 0.29) is 23.6 Å². The molecule has 7 heteroatoms. The molecule has 2 aliphatic rings. The molecule has 106 valence electrons. The van der Waals surface area contributed by atoms with Gasteiger partial charge in [-0.05, 0) is 26.2 Å². The van der Waals surface area contributed by atoms with Crippen LogP contribution in [0.25, 0.3) is 0 Å². The standard InChI is InChI=1S/C12H13F5N2/c1-5(2)19-9-7-3-6(7)4-11(13,14)8(9)10(18-19)12(15,16)17/h5-7H,3-4H2,1-2H3. The largest absolute Gasteiger partial charge is 0.435 e. The van der Waals surface area contributed by atoms with E-state index in [1.165, 1.54) is 0 Å². The minimum Gasteiger partial charge on any atom is -0.266 e. The maximum Gasteiger partial charge on any atom is 0.435 e. The molecule has 0 bridgehead atoms. The van der Waals surface area contributed by atoms with Crippen molar-refractivity contribution in [3.8, 4) is 0 Å². The Morgan fingerprint density at radius 2 is 1.95 bits per heavy atom. The summed E-state index contributed by atoms with van der Waals surface area (Å²) >= 11 is 0. The van der Waals surface area contributed by atoms with Crippen molar-refractivity contribution in [1.29, 1.82) is 0 Å². The topological polar surface area (TPSA) is 17.8 Å². The molecule has 1 fully saturated rings. The third-order valence-electron chi connectivity index (χ3n) is 3.86. The van der Waals surface area contributed by atoms with Crippen LogP contribution in [0.4, 0.5) is 22.0 Å². The van der Waals surface area contributed by atoms with Crippen LogP contribution in [0, 0.1) is 5.92 Å². The van der Waals surface area contributed by atoms with E-state index < -0.39 is 29.8 Å². The van der Waals surface area contributed by atoms with Crippen LogP contribution in [0.1, 0.15) is 55.6 Å². The summed E-state index contributed by atoms with van der Waals surface area (Å²) in [6.07, 6.45) is -4.79. The average molecular weight is 280 g/mol. The molecule has 1 heterocycles. The number of fused-ring (bicyclic) bond motifs is 3. The van der Waals surface area contributed by atoms with Crippen molar-refractivity contribution in [2.24, 2.45) is 5.92 Å². The van der Waals surface area contributed by atoms with Gasteiger partial charge in [-0.15, -0.1) is 0 Å². The van der Waals surface area contributed by atoms with Gasteiger partial charge < -0.3 is 0 Å². The van der Waals surface area contributed by atoms with E-state index in [0.29, 0.717) is 6.42 Å². The number of hydrogen-bond acceptors (Lipinski definition) is 1. The summed E-state index contributed by atoms with van der Waals surface area (Å²) in [4.78, 5) is 0. The summed E-state index contributed by atoms with van der Waals surface area (Å²) < 4.78 is 67.9. The quantitative estimate of drug-likeness (QED) is 0.709. The van der Waals surface area contributed by atoms with Gasteiger partial charge in [-0.1, -0.05) is 0 Å². The molecule has 3 rings (SSSR count). The predicted molar refractivity (Wildman–Crippen MR) is 57.0 cm³/mol. The van der Waals surface area contributed by atoms with E-state index >= 15 is 0 Å². The van der Waals surface area contributed by atoms with Gasteiger partial charge in [0.25, 0.3) is 5.92 Å². The fourth-order valence-corrected chi connectivity index (χ4v) is 2.99. The first-order valence-electron chi connectivity index (χ1n) is 6.21. The lowest BCUT2D eigenvalue weighted by Crippen LogP contribution is -2.24. The molecule has 1 aromatic rings. The van der Waals surface area contributed by atoms with E-state index in [1.807, 2.05) is 0 Å². The molecule has 0 radical (unpaired) electrons. The fraction of sp³-hybridized carbons (Fsp3) is 0.750. The van der Waals surface area contributed by atoms with E-state index in [9.17, 15) is 22.0 Å². The number of alkyl halides is 5. The minimum atomic E-state index is -4.84. The van der Waals surface area contributed by atoms with Gasteiger partial charge in [0, 0.05) is 18.4 Å². The molecule has 0 aromatic carbocycles. The van der Waals surface area contributed by atoms with Crippen LogP contribution < -0.4 is 0 Å². The zero-order valence-electron chi connectivity index (χ0n) is 10.4. The van der Waals surface area contributed by atoms with Gasteiger partial charge in [0.1, 0.15) is 0 Å². The monoisotopic (exact) mass is 280 g/mol. The Labute approximate surface area is 106 Å². The van der Waals surface area contributed by atoms with Gasteiger partial charge in [-0.3, -0.25) is 4.68 Å². The van der Waals surface area contributed by atoms with Crippen molar-refractivity contribution >= 4 is 0 Å². The number of rotatable bonds is 1. The Morgan fingerprint density at radius 3 is 2.47 bits per heavy atom. The highest BCUT2D eigenvalue weighted by molar-refractivity contribution is 5.41. The summed E-state index contributed by atoms with van der Waals surface area (Å²) in [5.41, 5.74) is -2.19. The summed E-state index contributed by atoms with van der Waals surface area (Å²) in [6.45, 7) is 3.30. The van der Waals surface area contributed by atoms with Crippen molar-refractivity contribution in [2.45, 2.75) is 50.7 Å². The van der Waals surface area contributed by atoms with Crippen LogP contribution >= 0.6 is 0 Å². The maximum absolute atomic E-state index is 14.0. The Bertz CT molecular complexity index is 529. The fourth-order valence-electron chi connectivity index (χ4n) is 2.99. The molecule has 0 aliphatic heterocycles. The van der Waals surface area contributed by atoms with Crippen LogP contribution in [0.2, 0.25) is 0 Å².